The minimum Gasteiger partial charge on any atom is -0.394 e. The zero-order valence-corrected chi connectivity index (χ0v) is 13.5. The molecule has 1 unspecified atom stereocenters. The Hall–Kier alpha value is -2.61. The van der Waals surface area contributed by atoms with E-state index in [1.165, 1.54) is 16.8 Å². The quantitative estimate of drug-likeness (QED) is 0.738. The molecule has 0 amide bonds. The van der Waals surface area contributed by atoms with E-state index in [0.29, 0.717) is 29.1 Å². The molecule has 2 aromatic heterocycles. The van der Waals surface area contributed by atoms with Crippen molar-refractivity contribution >= 4 is 11.5 Å². The topological polar surface area (TPSA) is 62.5 Å². The molecule has 1 atom stereocenters. The van der Waals surface area contributed by atoms with E-state index >= 15 is 0 Å². The van der Waals surface area contributed by atoms with E-state index in [-0.39, 0.29) is 12.6 Å². The Morgan fingerprint density at radius 2 is 2.04 bits per heavy atom. The molecule has 0 aliphatic heterocycles. The van der Waals surface area contributed by atoms with Gasteiger partial charge in [0.05, 0.1) is 30.1 Å². The van der Waals surface area contributed by atoms with E-state index in [9.17, 15) is 18.3 Å². The first-order valence-electron chi connectivity index (χ1n) is 7.82. The van der Waals surface area contributed by atoms with E-state index in [4.69, 9.17) is 0 Å². The minimum absolute atomic E-state index is 0.0410. The summed E-state index contributed by atoms with van der Waals surface area (Å²) in [6, 6.07) is 8.34. The molecule has 0 aliphatic rings. The number of hydrogen-bond acceptors (Lipinski definition) is 4. The zero-order chi connectivity index (χ0) is 18.0. The van der Waals surface area contributed by atoms with Crippen molar-refractivity contribution in [1.29, 1.82) is 0 Å². The van der Waals surface area contributed by atoms with Crippen LogP contribution < -0.4 is 5.32 Å². The van der Waals surface area contributed by atoms with E-state index < -0.39 is 11.7 Å². The molecule has 2 N–H and O–H groups in total. The van der Waals surface area contributed by atoms with Crippen LogP contribution in [0.4, 0.5) is 19.0 Å². The van der Waals surface area contributed by atoms with E-state index in [1.807, 2.05) is 6.92 Å². The molecular weight excluding hydrogens is 333 g/mol. The smallest absolute Gasteiger partial charge is 0.394 e. The Labute approximate surface area is 142 Å². The number of benzene rings is 1. The minimum atomic E-state index is -4.41. The van der Waals surface area contributed by atoms with Crippen LogP contribution in [0.15, 0.2) is 42.6 Å². The third kappa shape index (κ3) is 3.58. The summed E-state index contributed by atoms with van der Waals surface area (Å²) in [5, 5.41) is 16.8. The van der Waals surface area contributed by atoms with E-state index in [1.54, 1.807) is 18.2 Å². The molecule has 0 spiro atoms. The second-order valence-electron chi connectivity index (χ2n) is 5.64. The molecule has 132 valence electrons. The van der Waals surface area contributed by atoms with Crippen molar-refractivity contribution < 1.29 is 18.3 Å². The number of anilines is 1. The predicted octanol–water partition coefficient (Wildman–Crippen LogP) is 3.60. The molecule has 0 bridgehead atoms. The molecule has 0 aliphatic carbocycles. The second kappa shape index (κ2) is 6.72. The Balaban J connectivity index is 2.02. The van der Waals surface area contributed by atoms with Gasteiger partial charge in [-0.1, -0.05) is 19.1 Å². The Morgan fingerprint density at radius 3 is 2.72 bits per heavy atom. The van der Waals surface area contributed by atoms with Crippen LogP contribution in [0.2, 0.25) is 0 Å². The first-order chi connectivity index (χ1) is 11.9. The SMILES string of the molecule is CCC(CO)Nc1ccc2ncc(-c3cccc(C(F)(F)F)c3)n2n1. The molecular formula is C17H17F3N4O. The zero-order valence-electron chi connectivity index (χ0n) is 13.5. The van der Waals surface area contributed by atoms with Crippen LogP contribution in [-0.2, 0) is 6.18 Å². The molecule has 0 saturated heterocycles. The molecule has 5 nitrogen and oxygen atoms in total. The summed E-state index contributed by atoms with van der Waals surface area (Å²) in [6.07, 6.45) is -2.21. The van der Waals surface area contributed by atoms with Gasteiger partial charge in [0.25, 0.3) is 0 Å². The second-order valence-corrected chi connectivity index (χ2v) is 5.64. The van der Waals surface area contributed by atoms with Crippen molar-refractivity contribution in [2.45, 2.75) is 25.6 Å². The van der Waals surface area contributed by atoms with Gasteiger partial charge in [0.15, 0.2) is 5.65 Å². The number of aliphatic hydroxyl groups excluding tert-OH is 1. The van der Waals surface area contributed by atoms with Crippen molar-refractivity contribution in [2.75, 3.05) is 11.9 Å². The number of aromatic nitrogens is 3. The van der Waals surface area contributed by atoms with Crippen LogP contribution in [0.25, 0.3) is 16.9 Å². The monoisotopic (exact) mass is 350 g/mol. The van der Waals surface area contributed by atoms with E-state index in [2.05, 4.69) is 15.4 Å². The average molecular weight is 350 g/mol. The van der Waals surface area contributed by atoms with Crippen LogP contribution in [0.5, 0.6) is 0 Å². The van der Waals surface area contributed by atoms with Crippen LogP contribution in [0, 0.1) is 0 Å². The number of halogens is 3. The van der Waals surface area contributed by atoms with Crippen molar-refractivity contribution in [3.05, 3.63) is 48.2 Å². The highest BCUT2D eigenvalue weighted by atomic mass is 19.4. The maximum atomic E-state index is 12.9. The highest BCUT2D eigenvalue weighted by Crippen LogP contribution is 2.32. The normalized spacial score (nSPS) is 13.2. The molecule has 0 fully saturated rings. The summed E-state index contributed by atoms with van der Waals surface area (Å²) < 4.78 is 40.3. The maximum absolute atomic E-state index is 12.9. The lowest BCUT2D eigenvalue weighted by molar-refractivity contribution is -0.137. The van der Waals surface area contributed by atoms with Crippen LogP contribution >= 0.6 is 0 Å². The summed E-state index contributed by atoms with van der Waals surface area (Å²) in [6.45, 7) is 1.89. The van der Waals surface area contributed by atoms with Crippen LogP contribution in [-0.4, -0.2) is 32.4 Å². The molecule has 1 aromatic carbocycles. The van der Waals surface area contributed by atoms with Gasteiger partial charge < -0.3 is 10.4 Å². The van der Waals surface area contributed by atoms with Crippen molar-refractivity contribution in [2.24, 2.45) is 0 Å². The summed E-state index contributed by atoms with van der Waals surface area (Å²) in [4.78, 5) is 4.19. The Bertz CT molecular complexity index is 872. The third-order valence-corrected chi connectivity index (χ3v) is 3.91. The lowest BCUT2D eigenvalue weighted by Crippen LogP contribution is -2.23. The van der Waals surface area contributed by atoms with Gasteiger partial charge in [0.1, 0.15) is 5.82 Å². The third-order valence-electron chi connectivity index (χ3n) is 3.91. The number of rotatable bonds is 5. The fourth-order valence-electron chi connectivity index (χ4n) is 2.49. The van der Waals surface area contributed by atoms with Gasteiger partial charge in [-0.05, 0) is 30.7 Å². The van der Waals surface area contributed by atoms with Crippen LogP contribution in [0.1, 0.15) is 18.9 Å². The van der Waals surface area contributed by atoms with Gasteiger partial charge >= 0.3 is 6.18 Å². The highest BCUT2D eigenvalue weighted by Gasteiger charge is 2.30. The van der Waals surface area contributed by atoms with Gasteiger partial charge in [-0.25, -0.2) is 9.50 Å². The number of hydrogen-bond donors (Lipinski definition) is 2. The standard InChI is InChI=1S/C17H17F3N4O/c1-2-13(10-25)22-15-6-7-16-21-9-14(24(16)23-15)11-4-3-5-12(8-11)17(18,19)20/h3-9,13,25H,2,10H2,1H3,(H,22,23). The average Bonchev–Trinajstić information content (AvgIpc) is 3.02. The molecule has 0 saturated carbocycles. The number of fused-ring (bicyclic) bond motifs is 1. The van der Waals surface area contributed by atoms with Crippen LogP contribution in [0.3, 0.4) is 0 Å². The van der Waals surface area contributed by atoms with Crippen molar-refractivity contribution in [3.8, 4) is 11.3 Å². The van der Waals surface area contributed by atoms with Crippen molar-refractivity contribution in [1.82, 2.24) is 14.6 Å². The Kier molecular flexibility index (Phi) is 4.63. The Morgan fingerprint density at radius 1 is 1.24 bits per heavy atom. The van der Waals surface area contributed by atoms with Gasteiger partial charge in [0, 0.05) is 5.56 Å². The molecule has 3 rings (SSSR count). The summed E-state index contributed by atoms with van der Waals surface area (Å²) in [5.41, 5.74) is 0.638. The maximum Gasteiger partial charge on any atom is 0.416 e. The lowest BCUT2D eigenvalue weighted by atomic mass is 10.1. The number of imidazole rings is 1. The van der Waals surface area contributed by atoms with Gasteiger partial charge in [-0.2, -0.15) is 13.2 Å². The lowest BCUT2D eigenvalue weighted by Gasteiger charge is -2.14. The summed E-state index contributed by atoms with van der Waals surface area (Å²) in [5.74, 6) is 0.514. The van der Waals surface area contributed by atoms with Gasteiger partial charge in [0.2, 0.25) is 0 Å². The van der Waals surface area contributed by atoms with E-state index in [0.717, 1.165) is 12.1 Å². The first-order valence-corrected chi connectivity index (χ1v) is 7.82. The fourth-order valence-corrected chi connectivity index (χ4v) is 2.49. The predicted molar refractivity (Wildman–Crippen MR) is 88.2 cm³/mol. The number of aliphatic hydroxyl groups is 1. The van der Waals surface area contributed by atoms with Gasteiger partial charge in [-0.3, -0.25) is 0 Å². The van der Waals surface area contributed by atoms with Gasteiger partial charge in [-0.15, -0.1) is 5.10 Å². The number of nitrogens with zero attached hydrogens (tertiary/aromatic N) is 3. The largest absolute Gasteiger partial charge is 0.416 e. The fraction of sp³-hybridized carbons (Fsp3) is 0.294. The molecule has 2 heterocycles. The number of nitrogens with one attached hydrogen (secondary N) is 1. The molecule has 3 aromatic rings. The summed E-state index contributed by atoms with van der Waals surface area (Å²) >= 11 is 0. The highest BCUT2D eigenvalue weighted by molar-refractivity contribution is 5.64. The molecule has 0 radical (unpaired) electrons. The van der Waals surface area contributed by atoms with Crippen molar-refractivity contribution in [3.63, 3.8) is 0 Å². The molecule has 25 heavy (non-hydrogen) atoms. The molecule has 8 heteroatoms. The number of alkyl halides is 3. The summed E-state index contributed by atoms with van der Waals surface area (Å²) in [7, 11) is 0. The first kappa shape index (κ1) is 17.2.